The molecule has 0 saturated heterocycles. The number of benzene rings is 1. The number of anilines is 1. The number of carbonyl (C=O) groups is 1. The lowest BCUT2D eigenvalue weighted by Crippen LogP contribution is -2.54. The van der Waals surface area contributed by atoms with E-state index in [2.05, 4.69) is 17.6 Å². The third-order valence-corrected chi connectivity index (χ3v) is 6.95. The predicted octanol–water partition coefficient (Wildman–Crippen LogP) is 3.93. The van der Waals surface area contributed by atoms with Crippen molar-refractivity contribution in [2.45, 2.75) is 51.5 Å². The highest BCUT2D eigenvalue weighted by molar-refractivity contribution is 6.06. The molecule has 4 saturated carbocycles. The van der Waals surface area contributed by atoms with Crippen LogP contribution >= 0.6 is 0 Å². The van der Waals surface area contributed by atoms with Gasteiger partial charge in [-0.3, -0.25) is 4.79 Å². The Kier molecular flexibility index (Phi) is 4.59. The summed E-state index contributed by atoms with van der Waals surface area (Å²) in [4.78, 5) is 12.4. The molecule has 5 heteroatoms. The Balaban J connectivity index is 1.43. The summed E-state index contributed by atoms with van der Waals surface area (Å²) in [6.07, 6.45) is 9.60. The predicted molar refractivity (Wildman–Crippen MR) is 104 cm³/mol. The first-order chi connectivity index (χ1) is 13.0. The molecule has 5 nitrogen and oxygen atoms in total. The van der Waals surface area contributed by atoms with Crippen molar-refractivity contribution >= 4 is 11.6 Å². The number of phenolic OH excluding ortho intramolecular Hbond substituents is 1. The summed E-state index contributed by atoms with van der Waals surface area (Å²) in [6, 6.07) is 8.56. The molecule has 1 unspecified atom stereocenters. The standard InChI is InChI=1S/C22H27N3O2/c1-14(22-9-15-5-16(10-22)7-17(6-15)11-22)24-13-18(12-23)21(27)25-19-3-2-4-20(26)8-19/h2-4,8,13-17,24,26H,5-7,9-11H2,1H3,(H,25,27)/b18-13-. The van der Waals surface area contributed by atoms with E-state index in [1.54, 1.807) is 18.3 Å². The Bertz CT molecular complexity index is 773. The molecule has 0 aromatic heterocycles. The van der Waals surface area contributed by atoms with Crippen LogP contribution in [-0.4, -0.2) is 17.1 Å². The van der Waals surface area contributed by atoms with Crippen LogP contribution in [0, 0.1) is 34.5 Å². The van der Waals surface area contributed by atoms with E-state index in [0.717, 1.165) is 17.8 Å². The average Bonchev–Trinajstić information content (AvgIpc) is 2.61. The normalized spacial score (nSPS) is 32.6. The highest BCUT2D eigenvalue weighted by Gasteiger charge is 2.52. The fourth-order valence-corrected chi connectivity index (χ4v) is 6.02. The van der Waals surface area contributed by atoms with E-state index in [0.29, 0.717) is 11.1 Å². The number of aromatic hydroxyl groups is 1. The Labute approximate surface area is 160 Å². The van der Waals surface area contributed by atoms with E-state index < -0.39 is 5.91 Å². The molecule has 142 valence electrons. The number of nitriles is 1. The maximum Gasteiger partial charge on any atom is 0.267 e. The molecule has 4 aliphatic rings. The molecule has 0 heterocycles. The van der Waals surface area contributed by atoms with Crippen molar-refractivity contribution in [3.8, 4) is 11.8 Å². The SMILES string of the molecule is CC(N/C=C(/C#N)C(=O)Nc1cccc(O)c1)C12CC3CC(CC(C3)C1)C2. The molecule has 3 N–H and O–H groups in total. The first-order valence-electron chi connectivity index (χ1n) is 9.94. The minimum absolute atomic E-state index is 0.0509. The van der Waals surface area contributed by atoms with Gasteiger partial charge in [-0.15, -0.1) is 0 Å². The summed E-state index contributed by atoms with van der Waals surface area (Å²) in [5.74, 6) is 2.22. The van der Waals surface area contributed by atoms with Crippen LogP contribution in [0.1, 0.15) is 45.4 Å². The van der Waals surface area contributed by atoms with Crippen LogP contribution in [0.2, 0.25) is 0 Å². The van der Waals surface area contributed by atoms with E-state index in [-0.39, 0.29) is 17.4 Å². The average molecular weight is 365 g/mol. The molecular formula is C22H27N3O2. The van der Waals surface area contributed by atoms with Gasteiger partial charge in [-0.2, -0.15) is 5.26 Å². The Hall–Kier alpha value is -2.48. The zero-order valence-corrected chi connectivity index (χ0v) is 15.7. The molecule has 4 fully saturated rings. The maximum absolute atomic E-state index is 12.4. The Morgan fingerprint density at radius 1 is 1.26 bits per heavy atom. The topological polar surface area (TPSA) is 85.2 Å². The Morgan fingerprint density at radius 3 is 2.44 bits per heavy atom. The van der Waals surface area contributed by atoms with Gasteiger partial charge in [0.15, 0.2) is 0 Å². The minimum Gasteiger partial charge on any atom is -0.508 e. The molecule has 0 spiro atoms. The van der Waals surface area contributed by atoms with Gasteiger partial charge in [0, 0.05) is 24.0 Å². The number of nitrogens with zero attached hydrogens (tertiary/aromatic N) is 1. The lowest BCUT2D eigenvalue weighted by atomic mass is 9.48. The molecule has 4 aliphatic carbocycles. The molecule has 1 atom stereocenters. The van der Waals surface area contributed by atoms with E-state index in [4.69, 9.17) is 0 Å². The molecule has 0 radical (unpaired) electrons. The fourth-order valence-electron chi connectivity index (χ4n) is 6.02. The van der Waals surface area contributed by atoms with E-state index in [9.17, 15) is 15.2 Å². The first-order valence-corrected chi connectivity index (χ1v) is 9.94. The van der Waals surface area contributed by atoms with Crippen molar-refractivity contribution in [3.05, 3.63) is 36.0 Å². The fraction of sp³-hybridized carbons (Fsp3) is 0.545. The van der Waals surface area contributed by atoms with Crippen molar-refractivity contribution in [2.75, 3.05) is 5.32 Å². The van der Waals surface area contributed by atoms with Crippen molar-refractivity contribution in [2.24, 2.45) is 23.2 Å². The molecule has 27 heavy (non-hydrogen) atoms. The first kappa shape index (κ1) is 17.9. The second kappa shape index (κ2) is 6.92. The number of nitrogens with one attached hydrogen (secondary N) is 2. The molecule has 5 rings (SSSR count). The zero-order valence-electron chi connectivity index (χ0n) is 15.7. The van der Waals surface area contributed by atoms with Crippen LogP contribution in [-0.2, 0) is 4.79 Å². The largest absolute Gasteiger partial charge is 0.508 e. The van der Waals surface area contributed by atoms with Crippen LogP contribution in [0.3, 0.4) is 0 Å². The lowest BCUT2D eigenvalue weighted by molar-refractivity contribution is -0.112. The number of hydrogen-bond donors (Lipinski definition) is 3. The van der Waals surface area contributed by atoms with Gasteiger partial charge >= 0.3 is 0 Å². The third kappa shape index (κ3) is 3.53. The van der Waals surface area contributed by atoms with Gasteiger partial charge in [0.25, 0.3) is 5.91 Å². The highest BCUT2D eigenvalue weighted by atomic mass is 16.3. The molecule has 1 aromatic rings. The van der Waals surface area contributed by atoms with Crippen LogP contribution in [0.25, 0.3) is 0 Å². The summed E-state index contributed by atoms with van der Waals surface area (Å²) in [7, 11) is 0. The summed E-state index contributed by atoms with van der Waals surface area (Å²) < 4.78 is 0. The van der Waals surface area contributed by atoms with Crippen molar-refractivity contribution in [1.82, 2.24) is 5.32 Å². The lowest BCUT2D eigenvalue weighted by Gasteiger charge is -2.59. The van der Waals surface area contributed by atoms with E-state index in [1.807, 2.05) is 6.07 Å². The van der Waals surface area contributed by atoms with Crippen molar-refractivity contribution in [1.29, 1.82) is 5.26 Å². The highest BCUT2D eigenvalue weighted by Crippen LogP contribution is 2.61. The van der Waals surface area contributed by atoms with Gasteiger partial charge in [-0.25, -0.2) is 0 Å². The monoisotopic (exact) mass is 365 g/mol. The summed E-state index contributed by atoms with van der Waals surface area (Å²) in [5.41, 5.74) is 0.832. The van der Waals surface area contributed by atoms with Gasteiger partial charge in [0.2, 0.25) is 0 Å². The minimum atomic E-state index is -0.465. The second-order valence-corrected chi connectivity index (χ2v) is 8.84. The summed E-state index contributed by atoms with van der Waals surface area (Å²) in [6.45, 7) is 2.20. The van der Waals surface area contributed by atoms with Gasteiger partial charge in [-0.1, -0.05) is 6.07 Å². The number of carbonyl (C=O) groups excluding carboxylic acids is 1. The number of hydrogen-bond acceptors (Lipinski definition) is 4. The molecule has 1 amide bonds. The number of phenols is 1. The quantitative estimate of drug-likeness (QED) is 0.545. The van der Waals surface area contributed by atoms with Crippen LogP contribution in [0.4, 0.5) is 5.69 Å². The zero-order chi connectivity index (χ0) is 19.0. The van der Waals surface area contributed by atoms with E-state index >= 15 is 0 Å². The summed E-state index contributed by atoms with van der Waals surface area (Å²) in [5, 5.41) is 25.0. The maximum atomic E-state index is 12.4. The molecule has 4 bridgehead atoms. The molecule has 0 aliphatic heterocycles. The molecule has 1 aromatic carbocycles. The van der Waals surface area contributed by atoms with Gasteiger partial charge in [0.1, 0.15) is 17.4 Å². The third-order valence-electron chi connectivity index (χ3n) is 6.95. The number of amides is 1. The summed E-state index contributed by atoms with van der Waals surface area (Å²) >= 11 is 0. The van der Waals surface area contributed by atoms with Crippen LogP contribution in [0.5, 0.6) is 5.75 Å². The van der Waals surface area contributed by atoms with Crippen LogP contribution in [0.15, 0.2) is 36.0 Å². The number of rotatable bonds is 5. The van der Waals surface area contributed by atoms with Crippen LogP contribution < -0.4 is 10.6 Å². The van der Waals surface area contributed by atoms with Crippen molar-refractivity contribution < 1.29 is 9.90 Å². The second-order valence-electron chi connectivity index (χ2n) is 8.84. The molecular weight excluding hydrogens is 338 g/mol. The van der Waals surface area contributed by atoms with Gasteiger partial charge in [0.05, 0.1) is 0 Å². The Morgan fingerprint density at radius 2 is 1.89 bits per heavy atom. The smallest absolute Gasteiger partial charge is 0.267 e. The van der Waals surface area contributed by atoms with E-state index in [1.165, 1.54) is 50.7 Å². The van der Waals surface area contributed by atoms with Gasteiger partial charge in [-0.05, 0) is 80.8 Å². The van der Waals surface area contributed by atoms with Crippen molar-refractivity contribution in [3.63, 3.8) is 0 Å². The van der Waals surface area contributed by atoms with Gasteiger partial charge < -0.3 is 15.7 Å².